The molecule has 1 aromatic carbocycles. The summed E-state index contributed by atoms with van der Waals surface area (Å²) in [6.45, 7) is 5.17. The van der Waals surface area contributed by atoms with Gasteiger partial charge in [-0.05, 0) is 25.5 Å². The molecule has 0 amide bonds. The Bertz CT molecular complexity index is 233. The first kappa shape index (κ1) is 10.4. The van der Waals surface area contributed by atoms with Crippen LogP contribution in [0.3, 0.4) is 0 Å². The van der Waals surface area contributed by atoms with Crippen LogP contribution in [0.1, 0.15) is 20.3 Å². The maximum absolute atomic E-state index is 6.08. The molecule has 1 atom stereocenters. The van der Waals surface area contributed by atoms with Gasteiger partial charge in [-0.1, -0.05) is 36.7 Å². The van der Waals surface area contributed by atoms with Crippen LogP contribution in [0.15, 0.2) is 30.3 Å². The lowest BCUT2D eigenvalue weighted by Gasteiger charge is -2.26. The minimum absolute atomic E-state index is 0.0577. The Morgan fingerprint density at radius 2 is 1.92 bits per heavy atom. The molecule has 13 heavy (non-hydrogen) atoms. The van der Waals surface area contributed by atoms with E-state index in [4.69, 9.17) is 11.6 Å². The first-order chi connectivity index (χ1) is 6.25. The number of anilines is 1. The Morgan fingerprint density at radius 1 is 1.31 bits per heavy atom. The van der Waals surface area contributed by atoms with E-state index < -0.39 is 0 Å². The third-order valence-electron chi connectivity index (χ3n) is 1.98. The smallest absolute Gasteiger partial charge is 0.101 e. The SMILES string of the molecule is CCCN(c1ccccc1)C(C)Cl. The van der Waals surface area contributed by atoms with E-state index in [1.807, 2.05) is 25.1 Å². The molecular weight excluding hydrogens is 182 g/mol. The topological polar surface area (TPSA) is 3.24 Å². The Morgan fingerprint density at radius 3 is 2.38 bits per heavy atom. The van der Waals surface area contributed by atoms with Crippen molar-refractivity contribution in [3.05, 3.63) is 30.3 Å². The number of alkyl halides is 1. The second kappa shape index (κ2) is 5.13. The number of rotatable bonds is 4. The van der Waals surface area contributed by atoms with E-state index >= 15 is 0 Å². The average Bonchev–Trinajstić information content (AvgIpc) is 2.15. The Balaban J connectivity index is 2.76. The lowest BCUT2D eigenvalue weighted by molar-refractivity contribution is 0.755. The maximum atomic E-state index is 6.08. The van der Waals surface area contributed by atoms with E-state index in [1.165, 1.54) is 5.69 Å². The summed E-state index contributed by atoms with van der Waals surface area (Å²) in [7, 11) is 0. The summed E-state index contributed by atoms with van der Waals surface area (Å²) in [6, 6.07) is 10.3. The van der Waals surface area contributed by atoms with Gasteiger partial charge in [-0.2, -0.15) is 0 Å². The van der Waals surface area contributed by atoms with Crippen molar-refractivity contribution in [3.63, 3.8) is 0 Å². The van der Waals surface area contributed by atoms with E-state index in [0.29, 0.717) is 0 Å². The quantitative estimate of drug-likeness (QED) is 0.528. The molecular formula is C11H16ClN. The monoisotopic (exact) mass is 197 g/mol. The van der Waals surface area contributed by atoms with Crippen LogP contribution in [0.2, 0.25) is 0 Å². The molecule has 0 aliphatic rings. The average molecular weight is 198 g/mol. The fourth-order valence-corrected chi connectivity index (χ4v) is 1.58. The maximum Gasteiger partial charge on any atom is 0.101 e. The number of hydrogen-bond acceptors (Lipinski definition) is 1. The molecule has 0 fully saturated rings. The predicted octanol–water partition coefficient (Wildman–Crippen LogP) is 3.49. The van der Waals surface area contributed by atoms with Gasteiger partial charge in [-0.15, -0.1) is 0 Å². The lowest BCUT2D eigenvalue weighted by atomic mass is 10.2. The molecule has 1 unspecified atom stereocenters. The first-order valence-electron chi connectivity index (χ1n) is 4.71. The summed E-state index contributed by atoms with van der Waals surface area (Å²) in [5.74, 6) is 0. The van der Waals surface area contributed by atoms with Crippen LogP contribution in [0.25, 0.3) is 0 Å². The van der Waals surface area contributed by atoms with E-state index in [0.717, 1.165) is 13.0 Å². The molecule has 0 aliphatic carbocycles. The zero-order chi connectivity index (χ0) is 9.68. The van der Waals surface area contributed by atoms with Gasteiger partial charge in [0.15, 0.2) is 0 Å². The van der Waals surface area contributed by atoms with Gasteiger partial charge in [0, 0.05) is 12.2 Å². The van der Waals surface area contributed by atoms with Gasteiger partial charge in [-0.3, -0.25) is 0 Å². The zero-order valence-electron chi connectivity index (χ0n) is 8.20. The molecule has 1 aromatic rings. The standard InChI is InChI=1S/C11H16ClN/c1-3-9-13(10(2)12)11-7-5-4-6-8-11/h4-8,10H,3,9H2,1-2H3. The second-order valence-electron chi connectivity index (χ2n) is 3.10. The molecule has 0 saturated heterocycles. The van der Waals surface area contributed by atoms with Crippen LogP contribution in [0, 0.1) is 0 Å². The van der Waals surface area contributed by atoms with Crippen LogP contribution >= 0.6 is 11.6 Å². The largest absolute Gasteiger partial charge is 0.355 e. The minimum Gasteiger partial charge on any atom is -0.355 e. The molecule has 0 radical (unpaired) electrons. The van der Waals surface area contributed by atoms with E-state index in [1.54, 1.807) is 0 Å². The molecule has 0 saturated carbocycles. The predicted molar refractivity (Wildman–Crippen MR) is 59.4 cm³/mol. The number of para-hydroxylation sites is 1. The van der Waals surface area contributed by atoms with Gasteiger partial charge in [0.25, 0.3) is 0 Å². The van der Waals surface area contributed by atoms with Crippen molar-refractivity contribution in [1.29, 1.82) is 0 Å². The number of nitrogens with zero attached hydrogens (tertiary/aromatic N) is 1. The molecule has 1 nitrogen and oxygen atoms in total. The summed E-state index contributed by atoms with van der Waals surface area (Å²) < 4.78 is 0. The number of halogens is 1. The second-order valence-corrected chi connectivity index (χ2v) is 3.73. The first-order valence-corrected chi connectivity index (χ1v) is 5.15. The van der Waals surface area contributed by atoms with Crippen LogP contribution < -0.4 is 4.90 Å². The molecule has 0 N–H and O–H groups in total. The highest BCUT2D eigenvalue weighted by atomic mass is 35.5. The molecule has 0 heterocycles. The van der Waals surface area contributed by atoms with Crippen molar-refractivity contribution in [1.82, 2.24) is 0 Å². The number of hydrogen-bond donors (Lipinski definition) is 0. The minimum atomic E-state index is 0.0577. The van der Waals surface area contributed by atoms with Crippen LogP contribution in [0.4, 0.5) is 5.69 Å². The van der Waals surface area contributed by atoms with Gasteiger partial charge in [0.1, 0.15) is 5.50 Å². The summed E-state index contributed by atoms with van der Waals surface area (Å²) in [5, 5.41) is 0. The zero-order valence-corrected chi connectivity index (χ0v) is 8.96. The highest BCUT2D eigenvalue weighted by Gasteiger charge is 2.09. The normalized spacial score (nSPS) is 12.5. The molecule has 2 heteroatoms. The fraction of sp³-hybridized carbons (Fsp3) is 0.455. The lowest BCUT2D eigenvalue weighted by Crippen LogP contribution is -2.29. The summed E-state index contributed by atoms with van der Waals surface area (Å²) in [4.78, 5) is 2.20. The summed E-state index contributed by atoms with van der Waals surface area (Å²) in [6.07, 6.45) is 1.12. The third-order valence-corrected chi connectivity index (χ3v) is 2.22. The van der Waals surface area contributed by atoms with Crippen molar-refractivity contribution in [2.24, 2.45) is 0 Å². The van der Waals surface area contributed by atoms with Crippen molar-refractivity contribution >= 4 is 17.3 Å². The fourth-order valence-electron chi connectivity index (χ4n) is 1.37. The van der Waals surface area contributed by atoms with Crippen molar-refractivity contribution in [2.45, 2.75) is 25.8 Å². The molecule has 1 rings (SSSR count). The molecule has 0 bridgehead atoms. The van der Waals surface area contributed by atoms with E-state index in [-0.39, 0.29) is 5.50 Å². The van der Waals surface area contributed by atoms with Crippen molar-refractivity contribution in [3.8, 4) is 0 Å². The summed E-state index contributed by atoms with van der Waals surface area (Å²) in [5.41, 5.74) is 1.26. The van der Waals surface area contributed by atoms with Crippen LogP contribution in [0.5, 0.6) is 0 Å². The van der Waals surface area contributed by atoms with E-state index in [2.05, 4.69) is 24.0 Å². The van der Waals surface area contributed by atoms with Gasteiger partial charge in [-0.25, -0.2) is 0 Å². The van der Waals surface area contributed by atoms with Crippen LogP contribution in [-0.4, -0.2) is 12.0 Å². The van der Waals surface area contributed by atoms with Gasteiger partial charge in [0.05, 0.1) is 0 Å². The number of benzene rings is 1. The summed E-state index contributed by atoms with van der Waals surface area (Å²) >= 11 is 6.08. The Kier molecular flexibility index (Phi) is 4.10. The molecule has 0 aromatic heterocycles. The van der Waals surface area contributed by atoms with Gasteiger partial charge >= 0.3 is 0 Å². The highest BCUT2D eigenvalue weighted by molar-refractivity contribution is 6.21. The van der Waals surface area contributed by atoms with Gasteiger partial charge < -0.3 is 4.90 Å². The van der Waals surface area contributed by atoms with Crippen molar-refractivity contribution in [2.75, 3.05) is 11.4 Å². The van der Waals surface area contributed by atoms with Gasteiger partial charge in [0.2, 0.25) is 0 Å². The van der Waals surface area contributed by atoms with Crippen LogP contribution in [-0.2, 0) is 0 Å². The molecule has 0 spiro atoms. The van der Waals surface area contributed by atoms with Crippen molar-refractivity contribution < 1.29 is 0 Å². The molecule has 0 aliphatic heterocycles. The molecule has 72 valence electrons. The highest BCUT2D eigenvalue weighted by Crippen LogP contribution is 2.18. The van der Waals surface area contributed by atoms with E-state index in [9.17, 15) is 0 Å². The Labute approximate surface area is 85.3 Å². The Hall–Kier alpha value is -0.690. The third kappa shape index (κ3) is 2.92.